The lowest BCUT2D eigenvalue weighted by molar-refractivity contribution is 0.670. The Morgan fingerprint density at radius 3 is 1.65 bits per heavy atom. The highest BCUT2D eigenvalue weighted by Crippen LogP contribution is 2.49. The molecule has 9 aromatic carbocycles. The lowest BCUT2D eigenvalue weighted by Crippen LogP contribution is -2.10. The highest BCUT2D eigenvalue weighted by Gasteiger charge is 2.22. The quantitative estimate of drug-likeness (QED) is 0.162. The normalized spacial score (nSPS) is 11.5. The maximum absolute atomic E-state index is 6.48. The van der Waals surface area contributed by atoms with Gasteiger partial charge in [-0.25, -0.2) is 0 Å². The van der Waals surface area contributed by atoms with Gasteiger partial charge in [0.2, 0.25) is 0 Å². The van der Waals surface area contributed by atoms with E-state index in [1.54, 1.807) is 0 Å². The number of thiophene rings is 1. The molecule has 2 aromatic heterocycles. The average molecular weight is 746 g/mol. The van der Waals surface area contributed by atoms with Crippen molar-refractivity contribution in [2.24, 2.45) is 0 Å². The molecule has 11 rings (SSSR count). The summed E-state index contributed by atoms with van der Waals surface area (Å²) in [6.45, 7) is 0. The van der Waals surface area contributed by atoms with Crippen molar-refractivity contribution in [3.63, 3.8) is 0 Å². The number of fused-ring (bicyclic) bond motifs is 6. The van der Waals surface area contributed by atoms with Crippen LogP contribution in [0.25, 0.3) is 86.6 Å². The number of anilines is 3. The van der Waals surface area contributed by atoms with Crippen LogP contribution in [0.4, 0.5) is 17.1 Å². The van der Waals surface area contributed by atoms with E-state index < -0.39 is 0 Å². The molecular weight excluding hydrogens is 711 g/mol. The van der Waals surface area contributed by atoms with E-state index in [1.807, 2.05) is 23.5 Å². The van der Waals surface area contributed by atoms with Crippen LogP contribution in [-0.2, 0) is 0 Å². The van der Waals surface area contributed by atoms with Crippen molar-refractivity contribution >= 4 is 70.5 Å². The van der Waals surface area contributed by atoms with Crippen LogP contribution in [0.5, 0.6) is 0 Å². The molecule has 0 unspecified atom stereocenters. The third-order valence-corrected chi connectivity index (χ3v) is 12.3. The zero-order chi connectivity index (χ0) is 37.7. The standard InChI is InChI=1S/C54H35NOS/c1-4-15-36(16-5-1)40-33-41(37-17-6-2-7-18-37)35-43(34-40)55(42-29-27-39(28-30-42)45-23-14-24-47-46-21-10-12-25-50(46)56-53(45)47)49-32-31-44(38-19-8-3-9-20-38)52-48-22-11-13-26-51(48)57-54(49)52/h1-35H. The highest BCUT2D eigenvalue weighted by atomic mass is 32.1. The molecule has 0 amide bonds. The summed E-state index contributed by atoms with van der Waals surface area (Å²) in [5, 5.41) is 4.82. The molecule has 0 aliphatic carbocycles. The van der Waals surface area contributed by atoms with Crippen molar-refractivity contribution in [3.05, 3.63) is 212 Å². The molecule has 0 aliphatic heterocycles. The number of furan rings is 1. The molecule has 2 nitrogen and oxygen atoms in total. The fraction of sp³-hybridized carbons (Fsp3) is 0. The van der Waals surface area contributed by atoms with Gasteiger partial charge >= 0.3 is 0 Å². The summed E-state index contributed by atoms with van der Waals surface area (Å²) in [5.41, 5.74) is 14.5. The smallest absolute Gasteiger partial charge is 0.143 e. The van der Waals surface area contributed by atoms with Crippen LogP contribution >= 0.6 is 11.3 Å². The summed E-state index contributed by atoms with van der Waals surface area (Å²) in [6.07, 6.45) is 0. The zero-order valence-corrected chi connectivity index (χ0v) is 31.8. The van der Waals surface area contributed by atoms with Crippen molar-refractivity contribution in [1.29, 1.82) is 0 Å². The molecule has 2 heterocycles. The maximum atomic E-state index is 6.48. The van der Waals surface area contributed by atoms with Crippen LogP contribution in [0.15, 0.2) is 217 Å². The highest BCUT2D eigenvalue weighted by molar-refractivity contribution is 7.26. The first-order chi connectivity index (χ1) is 28.3. The van der Waals surface area contributed by atoms with E-state index in [0.717, 1.165) is 50.1 Å². The molecule has 57 heavy (non-hydrogen) atoms. The Kier molecular flexibility index (Phi) is 8.04. The third kappa shape index (κ3) is 5.80. The van der Waals surface area contributed by atoms with Gasteiger partial charge in [-0.2, -0.15) is 0 Å². The Bertz CT molecular complexity index is 3160. The molecule has 0 saturated carbocycles. The van der Waals surface area contributed by atoms with E-state index in [-0.39, 0.29) is 0 Å². The van der Waals surface area contributed by atoms with Gasteiger partial charge in [0.05, 0.1) is 10.4 Å². The van der Waals surface area contributed by atoms with Gasteiger partial charge in [0.15, 0.2) is 0 Å². The molecule has 0 aliphatic rings. The summed E-state index contributed by atoms with van der Waals surface area (Å²) in [6, 6.07) is 76.4. The molecule has 0 bridgehead atoms. The van der Waals surface area contributed by atoms with Crippen LogP contribution in [0, 0.1) is 0 Å². The van der Waals surface area contributed by atoms with Crippen LogP contribution in [-0.4, -0.2) is 0 Å². The second-order valence-electron chi connectivity index (χ2n) is 14.5. The summed E-state index contributed by atoms with van der Waals surface area (Å²) in [5.74, 6) is 0. The summed E-state index contributed by atoms with van der Waals surface area (Å²) in [7, 11) is 0. The van der Waals surface area contributed by atoms with Gasteiger partial charge in [-0.05, 0) is 87.5 Å². The molecule has 0 atom stereocenters. The lowest BCUT2D eigenvalue weighted by Gasteiger charge is -2.28. The van der Waals surface area contributed by atoms with Gasteiger partial charge in [0.25, 0.3) is 0 Å². The second kappa shape index (κ2) is 13.8. The minimum Gasteiger partial charge on any atom is -0.455 e. The number of nitrogens with zero attached hydrogens (tertiary/aromatic N) is 1. The molecule has 0 radical (unpaired) electrons. The monoisotopic (exact) mass is 745 g/mol. The van der Waals surface area contributed by atoms with E-state index >= 15 is 0 Å². The Hall–Kier alpha value is -7.20. The van der Waals surface area contributed by atoms with Gasteiger partial charge in [-0.1, -0.05) is 164 Å². The topological polar surface area (TPSA) is 16.4 Å². The summed E-state index contributed by atoms with van der Waals surface area (Å²) in [4.78, 5) is 2.46. The molecule has 0 saturated heterocycles. The first-order valence-electron chi connectivity index (χ1n) is 19.3. The van der Waals surface area contributed by atoms with E-state index in [2.05, 4.69) is 205 Å². The molecule has 0 N–H and O–H groups in total. The maximum Gasteiger partial charge on any atom is 0.143 e. The predicted molar refractivity (Wildman–Crippen MR) is 243 cm³/mol. The van der Waals surface area contributed by atoms with Gasteiger partial charge in [0.1, 0.15) is 11.2 Å². The second-order valence-corrected chi connectivity index (χ2v) is 15.5. The van der Waals surface area contributed by atoms with E-state index in [1.165, 1.54) is 53.6 Å². The number of hydrogen-bond donors (Lipinski definition) is 0. The van der Waals surface area contributed by atoms with Crippen molar-refractivity contribution in [3.8, 4) is 44.5 Å². The molecule has 268 valence electrons. The van der Waals surface area contributed by atoms with Gasteiger partial charge in [-0.3, -0.25) is 0 Å². The minimum absolute atomic E-state index is 0.904. The Labute approximate surface area is 335 Å². The van der Waals surface area contributed by atoms with Crippen LogP contribution in [0.2, 0.25) is 0 Å². The number of rotatable bonds is 7. The van der Waals surface area contributed by atoms with E-state index in [0.29, 0.717) is 0 Å². The van der Waals surface area contributed by atoms with Crippen molar-refractivity contribution in [2.45, 2.75) is 0 Å². The SMILES string of the molecule is c1ccc(-c2cc(-c3ccccc3)cc(N(c3ccc(-c4cccc5c4oc4ccccc45)cc3)c3ccc(-c4ccccc4)c4c3sc3ccccc34)c2)cc1. The number of para-hydroxylation sites is 2. The van der Waals surface area contributed by atoms with Crippen LogP contribution in [0.3, 0.4) is 0 Å². The Morgan fingerprint density at radius 1 is 0.368 bits per heavy atom. The first kappa shape index (κ1) is 33.2. The van der Waals surface area contributed by atoms with Gasteiger partial charge < -0.3 is 9.32 Å². The fourth-order valence-corrected chi connectivity index (χ4v) is 9.61. The first-order valence-corrected chi connectivity index (χ1v) is 20.1. The van der Waals surface area contributed by atoms with Crippen LogP contribution < -0.4 is 4.90 Å². The van der Waals surface area contributed by atoms with Gasteiger partial charge in [-0.15, -0.1) is 11.3 Å². The Balaban J connectivity index is 1.16. The van der Waals surface area contributed by atoms with E-state index in [4.69, 9.17) is 4.42 Å². The van der Waals surface area contributed by atoms with E-state index in [9.17, 15) is 0 Å². The van der Waals surface area contributed by atoms with Crippen molar-refractivity contribution < 1.29 is 4.42 Å². The zero-order valence-electron chi connectivity index (χ0n) is 31.0. The molecule has 0 spiro atoms. The third-order valence-electron chi connectivity index (χ3n) is 11.1. The van der Waals surface area contributed by atoms with Crippen LogP contribution in [0.1, 0.15) is 0 Å². The summed E-state index contributed by atoms with van der Waals surface area (Å²) < 4.78 is 9.00. The van der Waals surface area contributed by atoms with Gasteiger partial charge in [0, 0.05) is 43.2 Å². The number of hydrogen-bond acceptors (Lipinski definition) is 3. The summed E-state index contributed by atoms with van der Waals surface area (Å²) >= 11 is 1.87. The molecular formula is C54H35NOS. The molecule has 3 heteroatoms. The molecule has 0 fully saturated rings. The van der Waals surface area contributed by atoms with Crippen molar-refractivity contribution in [1.82, 2.24) is 0 Å². The Morgan fingerprint density at radius 2 is 0.947 bits per heavy atom. The largest absolute Gasteiger partial charge is 0.455 e. The fourth-order valence-electron chi connectivity index (χ4n) is 8.38. The number of benzene rings is 9. The predicted octanol–water partition coefficient (Wildman–Crippen LogP) is 16.1. The minimum atomic E-state index is 0.904. The lowest BCUT2D eigenvalue weighted by atomic mass is 9.96. The van der Waals surface area contributed by atoms with Crippen molar-refractivity contribution in [2.75, 3.05) is 4.90 Å². The molecule has 11 aromatic rings. The average Bonchev–Trinajstić information content (AvgIpc) is 3.87.